The van der Waals surface area contributed by atoms with Gasteiger partial charge in [-0.1, -0.05) is 11.6 Å². The van der Waals surface area contributed by atoms with E-state index >= 15 is 0 Å². The van der Waals surface area contributed by atoms with Crippen molar-refractivity contribution < 1.29 is 9.18 Å². The molecule has 0 saturated heterocycles. The summed E-state index contributed by atoms with van der Waals surface area (Å²) < 4.78 is 13.0. The maximum atomic E-state index is 13.0. The average Bonchev–Trinajstić information content (AvgIpc) is 2.40. The Bertz CT molecular complexity index is 563. The molecule has 0 aliphatic carbocycles. The van der Waals surface area contributed by atoms with Crippen molar-refractivity contribution in [3.05, 3.63) is 58.9 Å². The van der Waals surface area contributed by atoms with Crippen LogP contribution in [0.3, 0.4) is 0 Å². The van der Waals surface area contributed by atoms with E-state index in [0.29, 0.717) is 5.69 Å². The minimum atomic E-state index is -0.508. The molecular formula is C12H9ClFN3O. The van der Waals surface area contributed by atoms with Crippen LogP contribution >= 0.6 is 11.6 Å². The van der Waals surface area contributed by atoms with E-state index in [-0.39, 0.29) is 17.1 Å². The van der Waals surface area contributed by atoms with Gasteiger partial charge in [-0.2, -0.15) is 0 Å². The van der Waals surface area contributed by atoms with Crippen molar-refractivity contribution in [2.75, 3.05) is 0 Å². The molecule has 0 radical (unpaired) electrons. The molecule has 4 nitrogen and oxygen atoms in total. The first-order valence-electron chi connectivity index (χ1n) is 5.15. The highest BCUT2D eigenvalue weighted by molar-refractivity contribution is 6.33. The second-order valence-corrected chi connectivity index (χ2v) is 3.91. The molecule has 1 N–H and O–H groups in total. The first kappa shape index (κ1) is 12.4. The third-order valence-electron chi connectivity index (χ3n) is 2.25. The topological polar surface area (TPSA) is 54.9 Å². The summed E-state index contributed by atoms with van der Waals surface area (Å²) >= 11 is 5.82. The Morgan fingerprint density at radius 3 is 2.94 bits per heavy atom. The largest absolute Gasteiger partial charge is 0.346 e. The Balaban J connectivity index is 2.06. The predicted molar refractivity (Wildman–Crippen MR) is 64.6 cm³/mol. The molecule has 1 aromatic carbocycles. The van der Waals surface area contributed by atoms with E-state index in [1.54, 1.807) is 12.3 Å². The normalized spacial score (nSPS) is 10.1. The van der Waals surface area contributed by atoms with Crippen LogP contribution in [0.1, 0.15) is 16.1 Å². The fourth-order valence-electron chi connectivity index (χ4n) is 1.36. The Hall–Kier alpha value is -2.01. The Kier molecular flexibility index (Phi) is 3.84. The van der Waals surface area contributed by atoms with Crippen LogP contribution in [0, 0.1) is 5.82 Å². The molecule has 0 bridgehead atoms. The number of carbonyl (C=O) groups is 1. The van der Waals surface area contributed by atoms with Gasteiger partial charge in [0.15, 0.2) is 0 Å². The summed E-state index contributed by atoms with van der Waals surface area (Å²) in [5.41, 5.74) is 0.761. The quantitative estimate of drug-likeness (QED) is 0.926. The van der Waals surface area contributed by atoms with Gasteiger partial charge in [-0.3, -0.25) is 4.79 Å². The lowest BCUT2D eigenvalue weighted by atomic mass is 10.2. The van der Waals surface area contributed by atoms with E-state index in [2.05, 4.69) is 15.3 Å². The number of benzene rings is 1. The second-order valence-electron chi connectivity index (χ2n) is 3.51. The fourth-order valence-corrected chi connectivity index (χ4v) is 1.56. The summed E-state index contributed by atoms with van der Waals surface area (Å²) in [4.78, 5) is 19.5. The van der Waals surface area contributed by atoms with Gasteiger partial charge in [0.25, 0.3) is 5.91 Å². The zero-order valence-corrected chi connectivity index (χ0v) is 9.99. The SMILES string of the molecule is O=C(NCc1ccncn1)c1cc(F)ccc1Cl. The number of aromatic nitrogens is 2. The molecule has 1 amide bonds. The molecule has 92 valence electrons. The van der Waals surface area contributed by atoms with Crippen LogP contribution in [-0.4, -0.2) is 15.9 Å². The van der Waals surface area contributed by atoms with Gasteiger partial charge in [0.05, 0.1) is 22.8 Å². The summed E-state index contributed by atoms with van der Waals surface area (Å²) in [7, 11) is 0. The maximum Gasteiger partial charge on any atom is 0.253 e. The highest BCUT2D eigenvalue weighted by Gasteiger charge is 2.11. The number of hydrogen-bond acceptors (Lipinski definition) is 3. The van der Waals surface area contributed by atoms with Crippen molar-refractivity contribution in [1.29, 1.82) is 0 Å². The molecule has 0 aliphatic heterocycles. The molecule has 1 heterocycles. The molecule has 2 aromatic rings. The number of nitrogens with one attached hydrogen (secondary N) is 1. The molecular weight excluding hydrogens is 257 g/mol. The minimum Gasteiger partial charge on any atom is -0.346 e. The van der Waals surface area contributed by atoms with Gasteiger partial charge in [0, 0.05) is 6.20 Å². The van der Waals surface area contributed by atoms with Crippen molar-refractivity contribution in [1.82, 2.24) is 15.3 Å². The average molecular weight is 266 g/mol. The van der Waals surface area contributed by atoms with Gasteiger partial charge in [0.1, 0.15) is 12.1 Å². The number of nitrogens with zero attached hydrogens (tertiary/aromatic N) is 2. The summed E-state index contributed by atoms with van der Waals surface area (Å²) in [5, 5.41) is 2.81. The van der Waals surface area contributed by atoms with Crippen molar-refractivity contribution in [3.63, 3.8) is 0 Å². The Morgan fingerprint density at radius 2 is 2.22 bits per heavy atom. The van der Waals surface area contributed by atoms with Gasteiger partial charge in [-0.05, 0) is 24.3 Å². The predicted octanol–water partition coefficient (Wildman–Crippen LogP) is 2.20. The Morgan fingerprint density at radius 1 is 1.39 bits per heavy atom. The molecule has 0 unspecified atom stereocenters. The van der Waals surface area contributed by atoms with E-state index in [1.807, 2.05) is 0 Å². The maximum absolute atomic E-state index is 13.0. The van der Waals surface area contributed by atoms with Crippen LogP contribution in [0.15, 0.2) is 36.8 Å². The summed E-state index contributed by atoms with van der Waals surface area (Å²) in [6, 6.07) is 5.31. The van der Waals surface area contributed by atoms with Crippen LogP contribution in [0.4, 0.5) is 4.39 Å². The van der Waals surface area contributed by atoms with Gasteiger partial charge in [-0.15, -0.1) is 0 Å². The number of halogens is 2. The second kappa shape index (κ2) is 5.55. The summed E-state index contributed by atoms with van der Waals surface area (Å²) in [6.45, 7) is 0.230. The molecule has 0 fully saturated rings. The highest BCUT2D eigenvalue weighted by atomic mass is 35.5. The third kappa shape index (κ3) is 3.01. The zero-order chi connectivity index (χ0) is 13.0. The molecule has 6 heteroatoms. The van der Waals surface area contributed by atoms with Crippen LogP contribution in [0.2, 0.25) is 5.02 Å². The lowest BCUT2D eigenvalue weighted by molar-refractivity contribution is 0.0950. The lowest BCUT2D eigenvalue weighted by Crippen LogP contribution is -2.23. The summed E-state index contributed by atoms with van der Waals surface area (Å²) in [5.74, 6) is -0.954. The lowest BCUT2D eigenvalue weighted by Gasteiger charge is -2.06. The Labute approximate surface area is 108 Å². The van der Waals surface area contributed by atoms with E-state index in [4.69, 9.17) is 11.6 Å². The van der Waals surface area contributed by atoms with Crippen molar-refractivity contribution >= 4 is 17.5 Å². The van der Waals surface area contributed by atoms with Crippen LogP contribution in [0.5, 0.6) is 0 Å². The smallest absolute Gasteiger partial charge is 0.253 e. The molecule has 0 atom stereocenters. The zero-order valence-electron chi connectivity index (χ0n) is 9.23. The molecule has 18 heavy (non-hydrogen) atoms. The van der Waals surface area contributed by atoms with Crippen LogP contribution < -0.4 is 5.32 Å². The third-order valence-corrected chi connectivity index (χ3v) is 2.58. The number of amides is 1. The van der Waals surface area contributed by atoms with Crippen LogP contribution in [0.25, 0.3) is 0 Å². The number of hydrogen-bond donors (Lipinski definition) is 1. The molecule has 0 aliphatic rings. The molecule has 2 rings (SSSR count). The number of carbonyl (C=O) groups excluding carboxylic acids is 1. The molecule has 0 saturated carbocycles. The van der Waals surface area contributed by atoms with E-state index in [9.17, 15) is 9.18 Å². The summed E-state index contributed by atoms with van der Waals surface area (Å²) in [6.07, 6.45) is 2.96. The van der Waals surface area contributed by atoms with Crippen molar-refractivity contribution in [2.45, 2.75) is 6.54 Å². The molecule has 0 spiro atoms. The monoisotopic (exact) mass is 265 g/mol. The minimum absolute atomic E-state index is 0.103. The van der Waals surface area contributed by atoms with E-state index < -0.39 is 11.7 Å². The van der Waals surface area contributed by atoms with Crippen LogP contribution in [-0.2, 0) is 6.54 Å². The standard InChI is InChI=1S/C12H9ClFN3O/c13-11-2-1-8(14)5-10(11)12(18)16-6-9-3-4-15-7-17-9/h1-5,7H,6H2,(H,16,18). The van der Waals surface area contributed by atoms with E-state index in [1.165, 1.54) is 18.5 Å². The molecule has 1 aromatic heterocycles. The highest BCUT2D eigenvalue weighted by Crippen LogP contribution is 2.16. The van der Waals surface area contributed by atoms with Gasteiger partial charge >= 0.3 is 0 Å². The van der Waals surface area contributed by atoms with Gasteiger partial charge in [0.2, 0.25) is 0 Å². The van der Waals surface area contributed by atoms with E-state index in [0.717, 1.165) is 6.07 Å². The van der Waals surface area contributed by atoms with Gasteiger partial charge < -0.3 is 5.32 Å². The van der Waals surface area contributed by atoms with Crippen molar-refractivity contribution in [3.8, 4) is 0 Å². The van der Waals surface area contributed by atoms with Gasteiger partial charge in [-0.25, -0.2) is 14.4 Å². The number of rotatable bonds is 3. The first-order valence-corrected chi connectivity index (χ1v) is 5.53. The van der Waals surface area contributed by atoms with Crippen molar-refractivity contribution in [2.24, 2.45) is 0 Å². The fraction of sp³-hybridized carbons (Fsp3) is 0.0833. The first-order chi connectivity index (χ1) is 8.66.